The van der Waals surface area contributed by atoms with Gasteiger partial charge < -0.3 is 0 Å². The standard InChI is InChI=1S/C12H16N2S/c1-7(2)9-5-11-10(6-13-9)14-12(15-11)8(3)4/h5-8H,1-4H3. The number of rotatable bonds is 2. The number of thiazole rings is 1. The van der Waals surface area contributed by atoms with E-state index in [1.165, 1.54) is 9.71 Å². The van der Waals surface area contributed by atoms with Crippen molar-refractivity contribution < 1.29 is 0 Å². The fourth-order valence-corrected chi connectivity index (χ4v) is 2.42. The largest absolute Gasteiger partial charge is 0.259 e. The molecule has 0 N–H and O–H groups in total. The van der Waals surface area contributed by atoms with Crippen molar-refractivity contribution in [3.8, 4) is 0 Å². The van der Waals surface area contributed by atoms with Crippen LogP contribution < -0.4 is 0 Å². The van der Waals surface area contributed by atoms with Crippen LogP contribution in [-0.2, 0) is 0 Å². The molecule has 0 radical (unpaired) electrons. The van der Waals surface area contributed by atoms with Gasteiger partial charge in [-0.3, -0.25) is 4.98 Å². The molecule has 2 nitrogen and oxygen atoms in total. The first-order valence-corrected chi connectivity index (χ1v) is 6.16. The normalized spacial score (nSPS) is 11.9. The number of aromatic nitrogens is 2. The maximum atomic E-state index is 4.57. The summed E-state index contributed by atoms with van der Waals surface area (Å²) in [5, 5.41) is 1.20. The third-order valence-electron chi connectivity index (χ3n) is 2.40. The summed E-state index contributed by atoms with van der Waals surface area (Å²) in [6, 6.07) is 2.17. The zero-order chi connectivity index (χ0) is 11.0. The molecule has 2 heterocycles. The molecule has 0 aliphatic carbocycles. The van der Waals surface area contributed by atoms with Crippen LogP contribution in [0.5, 0.6) is 0 Å². The Hall–Kier alpha value is -0.960. The third kappa shape index (κ3) is 2.02. The molecule has 2 aromatic heterocycles. The van der Waals surface area contributed by atoms with Crippen LogP contribution in [0.2, 0.25) is 0 Å². The summed E-state index contributed by atoms with van der Waals surface area (Å²) in [6.07, 6.45) is 1.90. The molecule has 2 rings (SSSR count). The van der Waals surface area contributed by atoms with E-state index >= 15 is 0 Å². The Bertz CT molecular complexity index is 465. The molecular formula is C12H16N2S. The van der Waals surface area contributed by atoms with Gasteiger partial charge >= 0.3 is 0 Å². The van der Waals surface area contributed by atoms with E-state index in [9.17, 15) is 0 Å². The van der Waals surface area contributed by atoms with Crippen molar-refractivity contribution in [2.45, 2.75) is 39.5 Å². The Kier molecular flexibility index (Phi) is 2.74. The lowest BCUT2D eigenvalue weighted by Gasteiger charge is -2.01. The van der Waals surface area contributed by atoms with Gasteiger partial charge in [0.1, 0.15) is 0 Å². The lowest BCUT2D eigenvalue weighted by molar-refractivity contribution is 0.825. The molecule has 0 saturated heterocycles. The van der Waals surface area contributed by atoms with Crippen LogP contribution in [0.1, 0.15) is 50.2 Å². The highest BCUT2D eigenvalue weighted by atomic mass is 32.1. The lowest BCUT2D eigenvalue weighted by Crippen LogP contribution is -1.90. The van der Waals surface area contributed by atoms with E-state index in [1.807, 2.05) is 6.20 Å². The fraction of sp³-hybridized carbons (Fsp3) is 0.500. The molecule has 0 aliphatic rings. The first kappa shape index (κ1) is 10.6. The molecule has 0 aliphatic heterocycles. The van der Waals surface area contributed by atoms with Crippen molar-refractivity contribution in [1.29, 1.82) is 0 Å². The average molecular weight is 220 g/mol. The zero-order valence-electron chi connectivity index (χ0n) is 9.61. The van der Waals surface area contributed by atoms with Gasteiger partial charge in [-0.05, 0) is 12.0 Å². The summed E-state index contributed by atoms with van der Waals surface area (Å²) in [7, 11) is 0. The van der Waals surface area contributed by atoms with Crippen LogP contribution in [0.15, 0.2) is 12.3 Å². The molecule has 0 fully saturated rings. The highest BCUT2D eigenvalue weighted by Gasteiger charge is 2.09. The molecule has 80 valence electrons. The van der Waals surface area contributed by atoms with Gasteiger partial charge in [0.15, 0.2) is 0 Å². The van der Waals surface area contributed by atoms with Crippen LogP contribution >= 0.6 is 11.3 Å². The van der Waals surface area contributed by atoms with Gasteiger partial charge in [-0.2, -0.15) is 0 Å². The van der Waals surface area contributed by atoms with Crippen LogP contribution in [0.3, 0.4) is 0 Å². The predicted octanol–water partition coefficient (Wildman–Crippen LogP) is 3.94. The quantitative estimate of drug-likeness (QED) is 0.766. The first-order valence-electron chi connectivity index (χ1n) is 5.34. The lowest BCUT2D eigenvalue weighted by atomic mass is 10.1. The number of pyridine rings is 1. The average Bonchev–Trinajstić information content (AvgIpc) is 2.59. The molecule has 0 aromatic carbocycles. The molecule has 0 amide bonds. The molecule has 0 saturated carbocycles. The van der Waals surface area contributed by atoms with Crippen molar-refractivity contribution in [3.63, 3.8) is 0 Å². The minimum atomic E-state index is 0.485. The minimum absolute atomic E-state index is 0.485. The summed E-state index contributed by atoms with van der Waals surface area (Å²) < 4.78 is 1.26. The number of hydrogen-bond acceptors (Lipinski definition) is 3. The maximum absolute atomic E-state index is 4.57. The second kappa shape index (κ2) is 3.89. The Morgan fingerprint density at radius 2 is 1.87 bits per heavy atom. The number of hydrogen-bond donors (Lipinski definition) is 0. The van der Waals surface area contributed by atoms with E-state index in [0.29, 0.717) is 11.8 Å². The van der Waals surface area contributed by atoms with Gasteiger partial charge in [-0.1, -0.05) is 27.7 Å². The van der Waals surface area contributed by atoms with Gasteiger partial charge in [-0.25, -0.2) is 4.98 Å². The monoisotopic (exact) mass is 220 g/mol. The Morgan fingerprint density at radius 1 is 1.13 bits per heavy atom. The van der Waals surface area contributed by atoms with Gasteiger partial charge in [-0.15, -0.1) is 11.3 Å². The summed E-state index contributed by atoms with van der Waals surface area (Å²) >= 11 is 1.79. The molecule has 0 spiro atoms. The molecular weight excluding hydrogens is 204 g/mol. The Balaban J connectivity index is 2.52. The molecule has 15 heavy (non-hydrogen) atoms. The molecule has 0 atom stereocenters. The van der Waals surface area contributed by atoms with Crippen molar-refractivity contribution in [3.05, 3.63) is 23.0 Å². The summed E-state index contributed by atoms with van der Waals surface area (Å²) in [5.74, 6) is 0.990. The SMILES string of the molecule is CC(C)c1cc2sc(C(C)C)nc2cn1. The van der Waals surface area contributed by atoms with Crippen LogP contribution in [0, 0.1) is 0 Å². The number of fused-ring (bicyclic) bond motifs is 1. The first-order chi connectivity index (χ1) is 7.08. The zero-order valence-corrected chi connectivity index (χ0v) is 10.4. The van der Waals surface area contributed by atoms with Gasteiger partial charge in [0.05, 0.1) is 21.4 Å². The van der Waals surface area contributed by atoms with Crippen molar-refractivity contribution >= 4 is 21.6 Å². The summed E-state index contributed by atoms with van der Waals surface area (Å²) in [4.78, 5) is 8.99. The molecule has 0 bridgehead atoms. The predicted molar refractivity (Wildman–Crippen MR) is 65.6 cm³/mol. The Morgan fingerprint density at radius 3 is 2.47 bits per heavy atom. The van der Waals surface area contributed by atoms with Crippen LogP contribution in [-0.4, -0.2) is 9.97 Å². The molecule has 3 heteroatoms. The molecule has 2 aromatic rings. The number of nitrogens with zero attached hydrogens (tertiary/aromatic N) is 2. The summed E-state index contributed by atoms with van der Waals surface area (Å²) in [6.45, 7) is 8.68. The van der Waals surface area contributed by atoms with E-state index in [1.54, 1.807) is 11.3 Å². The molecule has 0 unspecified atom stereocenters. The maximum Gasteiger partial charge on any atom is 0.0998 e. The van der Waals surface area contributed by atoms with Crippen molar-refractivity contribution in [2.24, 2.45) is 0 Å². The van der Waals surface area contributed by atoms with E-state index in [0.717, 1.165) is 11.2 Å². The van der Waals surface area contributed by atoms with Crippen LogP contribution in [0.25, 0.3) is 10.2 Å². The summed E-state index contributed by atoms with van der Waals surface area (Å²) in [5.41, 5.74) is 2.19. The minimum Gasteiger partial charge on any atom is -0.259 e. The highest BCUT2D eigenvalue weighted by Crippen LogP contribution is 2.28. The second-order valence-corrected chi connectivity index (χ2v) is 5.50. The van der Waals surface area contributed by atoms with E-state index in [4.69, 9.17) is 0 Å². The van der Waals surface area contributed by atoms with Gasteiger partial charge in [0.2, 0.25) is 0 Å². The van der Waals surface area contributed by atoms with Crippen LogP contribution in [0.4, 0.5) is 0 Å². The van der Waals surface area contributed by atoms with Crippen molar-refractivity contribution in [1.82, 2.24) is 9.97 Å². The van der Waals surface area contributed by atoms with Crippen molar-refractivity contribution in [2.75, 3.05) is 0 Å². The van der Waals surface area contributed by atoms with Gasteiger partial charge in [0, 0.05) is 11.6 Å². The highest BCUT2D eigenvalue weighted by molar-refractivity contribution is 7.18. The smallest absolute Gasteiger partial charge is 0.0998 e. The Labute approximate surface area is 94.4 Å². The third-order valence-corrected chi connectivity index (χ3v) is 3.72. The van der Waals surface area contributed by atoms with Gasteiger partial charge in [0.25, 0.3) is 0 Å². The van der Waals surface area contributed by atoms with E-state index in [2.05, 4.69) is 43.7 Å². The fourth-order valence-electron chi connectivity index (χ4n) is 1.43. The van der Waals surface area contributed by atoms with E-state index < -0.39 is 0 Å². The van der Waals surface area contributed by atoms with E-state index in [-0.39, 0.29) is 0 Å². The topological polar surface area (TPSA) is 25.8 Å². The second-order valence-electron chi connectivity index (χ2n) is 4.44.